The van der Waals surface area contributed by atoms with E-state index in [4.69, 9.17) is 42.6 Å². The maximum absolute atomic E-state index is 13.0. The summed E-state index contributed by atoms with van der Waals surface area (Å²) in [6, 6.07) is 0. The Balaban J connectivity index is 1.00. The first-order valence-electron chi connectivity index (χ1n) is 29.5. The number of allylic oxidation sites excluding steroid dienone is 2. The Morgan fingerprint density at radius 1 is 0.631 bits per heavy atom. The summed E-state index contributed by atoms with van der Waals surface area (Å²) in [5.41, 5.74) is -5.00. The maximum atomic E-state index is 13.0. The van der Waals surface area contributed by atoms with Gasteiger partial charge in [-0.2, -0.15) is 0 Å². The number of carboxylic acid groups (broad SMARTS) is 1. The van der Waals surface area contributed by atoms with Gasteiger partial charge in [0.15, 0.2) is 37.4 Å². The monoisotopic (exact) mass is 1200 g/mol. The highest BCUT2D eigenvalue weighted by Gasteiger charge is 2.76. The lowest BCUT2D eigenvalue weighted by molar-refractivity contribution is -0.386. The normalized spacial score (nSPS) is 52.7. The zero-order valence-corrected chi connectivity index (χ0v) is 49.3. The van der Waals surface area contributed by atoms with E-state index in [1.807, 2.05) is 34.6 Å². The molecular weight excluding hydrogens is 1110 g/mol. The molecule has 0 spiro atoms. The molecule has 0 aromatic rings. The molecule has 4 saturated carbocycles. The molecule has 4 saturated heterocycles. The second-order valence-electron chi connectivity index (χ2n) is 27.4. The van der Waals surface area contributed by atoms with E-state index >= 15 is 0 Å². The maximum Gasteiger partial charge on any atom is 0.335 e. The van der Waals surface area contributed by atoms with E-state index in [-0.39, 0.29) is 23.8 Å². The number of carbonyl (C=O) groups excluding carboxylic acids is 1. The van der Waals surface area contributed by atoms with E-state index in [0.717, 1.165) is 5.57 Å². The van der Waals surface area contributed by atoms with Crippen molar-refractivity contribution in [3.63, 3.8) is 0 Å². The van der Waals surface area contributed by atoms with Gasteiger partial charge < -0.3 is 119 Å². The first kappa shape index (κ1) is 66.0. The molecule has 9 rings (SSSR count). The van der Waals surface area contributed by atoms with Gasteiger partial charge >= 0.3 is 11.9 Å². The Hall–Kier alpha value is -2.46. The molecule has 15 N–H and O–H groups in total. The summed E-state index contributed by atoms with van der Waals surface area (Å²) in [6.45, 7) is 16.3. The molecule has 0 amide bonds. The van der Waals surface area contributed by atoms with E-state index in [1.54, 1.807) is 6.92 Å². The SMILES string of the molecule is C/C=C(/C)C(=O)O[C@@H]1[C@@H](O)[C@H](C)O[C@@H](O[C@H]2[C@@H](O)[C@@]3(CO)C(CC2(C)C)C2=CCC4[C@@]5(C)CC[C@H](O[C@H]6O[C@H](C(=O)O)[C@@H](O)[C@H](O[C@H]7O[C@H](CO)[C@@H](O)[C@@H]7O)[C@H]6O[C@@H]6O[C@H](CO)[C@H](O)[C@H](O)[C@H]6O)C(C)(C)C5CC[C@@]4(C)[C@]2(C)[C@H](O)[C@@H]3O)[C@@H]1O. The van der Waals surface area contributed by atoms with Crippen LogP contribution in [0.2, 0.25) is 0 Å². The largest absolute Gasteiger partial charge is 0.479 e. The van der Waals surface area contributed by atoms with Gasteiger partial charge in [0.05, 0.1) is 61.9 Å². The number of hydrogen-bond donors (Lipinski definition) is 15. The molecule has 0 aromatic heterocycles. The van der Waals surface area contributed by atoms with Crippen molar-refractivity contribution in [1.29, 1.82) is 0 Å². The summed E-state index contributed by atoms with van der Waals surface area (Å²) in [5, 5.41) is 169. The van der Waals surface area contributed by atoms with Crippen LogP contribution < -0.4 is 0 Å². The third-order valence-corrected chi connectivity index (χ3v) is 22.5. The van der Waals surface area contributed by atoms with Crippen molar-refractivity contribution in [2.75, 3.05) is 19.8 Å². The van der Waals surface area contributed by atoms with E-state index in [9.17, 15) is 86.2 Å². The summed E-state index contributed by atoms with van der Waals surface area (Å²) in [6.07, 6.45) is -33.6. The van der Waals surface area contributed by atoms with Crippen LogP contribution in [0.1, 0.15) is 108 Å². The average molecular weight is 1210 g/mol. The quantitative estimate of drug-likeness (QED) is 0.0373. The predicted molar refractivity (Wildman–Crippen MR) is 285 cm³/mol. The number of ether oxygens (including phenoxy) is 9. The van der Waals surface area contributed by atoms with Crippen LogP contribution in [-0.2, 0) is 52.2 Å². The fraction of sp³-hybridized carbons (Fsp3) is 0.897. The fourth-order valence-corrected chi connectivity index (χ4v) is 17.2. The Morgan fingerprint density at radius 3 is 1.80 bits per heavy atom. The van der Waals surface area contributed by atoms with Crippen molar-refractivity contribution in [2.45, 2.75) is 255 Å². The molecule has 0 radical (unpaired) electrons. The Bertz CT molecular complexity index is 2440. The smallest absolute Gasteiger partial charge is 0.335 e. The minimum Gasteiger partial charge on any atom is -0.479 e. The van der Waals surface area contributed by atoms with Crippen molar-refractivity contribution >= 4 is 11.9 Å². The van der Waals surface area contributed by atoms with E-state index < -0.39 is 217 Å². The molecule has 84 heavy (non-hydrogen) atoms. The van der Waals surface area contributed by atoms with E-state index in [0.29, 0.717) is 32.1 Å². The number of hydrogen-bond acceptors (Lipinski definition) is 25. The molecule has 0 aromatic carbocycles. The molecule has 0 bridgehead atoms. The van der Waals surface area contributed by atoms with Gasteiger partial charge in [0.25, 0.3) is 0 Å². The third kappa shape index (κ3) is 10.2. The number of fused-ring (bicyclic) bond motifs is 7. The summed E-state index contributed by atoms with van der Waals surface area (Å²) in [5.74, 6) is -3.50. The molecule has 9 aliphatic rings. The van der Waals surface area contributed by atoms with Gasteiger partial charge in [-0.15, -0.1) is 0 Å². The van der Waals surface area contributed by atoms with E-state index in [1.165, 1.54) is 19.9 Å². The standard InChI is InChI=1S/C58H92O26/c1-11-22(2)48(75)80-39-31(62)23(3)76-51(38(39)69)84-46-45(72)58(21-61)25(18-53(46,4)5)24-12-13-29-55(8)16-15-30(54(6,7)28(55)14-17-56(29,9)57(24,10)43(70)44(58)71)79-52-42(83-50-36(67)34(65)32(63)26(19-59)77-50)40(37(68)41(82-52)47(73)74)81-49-35(66)33(64)27(20-60)78-49/h11-12,23,25-46,49-52,59-72H,13-21H2,1-10H3,(H,73,74)/b22-11-/t23-,25?,26+,27+,28?,29?,30-,31-,32-,33+,34-,35-,36+,37-,38+,39+,40-,41-,42+,43+,44-,45+,46-,49+,50-,51-,52-,55-,56+,57-,58-/m0/s1. The van der Waals surface area contributed by atoms with Gasteiger partial charge in [0, 0.05) is 11.0 Å². The first-order chi connectivity index (χ1) is 39.2. The topological polar surface area (TPSA) is 421 Å². The van der Waals surface area contributed by atoms with Crippen molar-refractivity contribution in [2.24, 2.45) is 50.2 Å². The molecule has 26 heteroatoms. The zero-order valence-electron chi connectivity index (χ0n) is 49.3. The van der Waals surface area contributed by atoms with Gasteiger partial charge in [-0.05, 0) is 98.7 Å². The second kappa shape index (κ2) is 23.7. The predicted octanol–water partition coefficient (Wildman–Crippen LogP) is -2.40. The number of aliphatic hydroxyl groups excluding tert-OH is 14. The van der Waals surface area contributed by atoms with Crippen molar-refractivity contribution < 1.29 is 129 Å². The van der Waals surface area contributed by atoms with Crippen molar-refractivity contribution in [3.8, 4) is 0 Å². The molecule has 31 atom stereocenters. The number of rotatable bonds is 14. The number of esters is 1. The highest BCUT2D eigenvalue weighted by Crippen LogP contribution is 2.76. The van der Waals surface area contributed by atoms with Crippen LogP contribution in [0.25, 0.3) is 0 Å². The summed E-state index contributed by atoms with van der Waals surface area (Å²) in [4.78, 5) is 25.7. The van der Waals surface area contributed by atoms with Crippen LogP contribution in [0.15, 0.2) is 23.3 Å². The number of carbonyl (C=O) groups is 2. The lowest BCUT2D eigenvalue weighted by Crippen LogP contribution is -2.76. The summed E-state index contributed by atoms with van der Waals surface area (Å²) < 4.78 is 54.4. The minimum absolute atomic E-state index is 0.173. The van der Waals surface area contributed by atoms with Gasteiger partial charge in [-0.1, -0.05) is 66.2 Å². The number of aliphatic hydroxyl groups is 14. The fourth-order valence-electron chi connectivity index (χ4n) is 17.2. The van der Waals surface area contributed by atoms with Crippen LogP contribution >= 0.6 is 0 Å². The molecule has 26 nitrogen and oxygen atoms in total. The molecule has 5 aliphatic carbocycles. The summed E-state index contributed by atoms with van der Waals surface area (Å²) >= 11 is 0. The van der Waals surface area contributed by atoms with Crippen LogP contribution in [-0.4, -0.2) is 256 Å². The number of carboxylic acids is 1. The molecule has 3 unspecified atom stereocenters. The van der Waals surface area contributed by atoms with Gasteiger partial charge in [-0.25, -0.2) is 9.59 Å². The van der Waals surface area contributed by atoms with Gasteiger partial charge in [-0.3, -0.25) is 0 Å². The van der Waals surface area contributed by atoms with Crippen LogP contribution in [0.3, 0.4) is 0 Å². The highest BCUT2D eigenvalue weighted by molar-refractivity contribution is 5.87. The number of aliphatic carboxylic acids is 1. The second-order valence-corrected chi connectivity index (χ2v) is 27.4. The van der Waals surface area contributed by atoms with E-state index in [2.05, 4.69) is 19.9 Å². The van der Waals surface area contributed by atoms with Crippen LogP contribution in [0.4, 0.5) is 0 Å². The van der Waals surface area contributed by atoms with Crippen molar-refractivity contribution in [1.82, 2.24) is 0 Å². The average Bonchev–Trinajstić information content (AvgIpc) is 0.750. The third-order valence-electron chi connectivity index (χ3n) is 22.5. The minimum atomic E-state index is -2.14. The van der Waals surface area contributed by atoms with Gasteiger partial charge in [0.2, 0.25) is 0 Å². The van der Waals surface area contributed by atoms with Gasteiger partial charge in [0.1, 0.15) is 73.2 Å². The van der Waals surface area contributed by atoms with Crippen molar-refractivity contribution in [3.05, 3.63) is 23.3 Å². The molecule has 480 valence electrons. The summed E-state index contributed by atoms with van der Waals surface area (Å²) in [7, 11) is 0. The highest BCUT2D eigenvalue weighted by atomic mass is 16.8. The van der Waals surface area contributed by atoms with Crippen LogP contribution in [0.5, 0.6) is 0 Å². The lowest BCUT2D eigenvalue weighted by Gasteiger charge is -2.73. The Kier molecular flexibility index (Phi) is 18.6. The Labute approximate surface area is 487 Å². The molecule has 8 fully saturated rings. The van der Waals surface area contributed by atoms with Crippen LogP contribution in [0, 0.1) is 50.2 Å². The molecule has 4 aliphatic heterocycles. The first-order valence-corrected chi connectivity index (χ1v) is 29.5. The zero-order chi connectivity index (χ0) is 62.0. The molecule has 4 heterocycles. The Morgan fingerprint density at radius 2 is 1.21 bits per heavy atom. The lowest BCUT2D eigenvalue weighted by atomic mass is 9.32. The molecular formula is C58H92O26.